The second-order valence-corrected chi connectivity index (χ2v) is 5.45. The van der Waals surface area contributed by atoms with Crippen LogP contribution in [0.15, 0.2) is 24.3 Å². The van der Waals surface area contributed by atoms with Crippen molar-refractivity contribution >= 4 is 23.0 Å². The van der Waals surface area contributed by atoms with E-state index < -0.39 is 0 Å². The van der Waals surface area contributed by atoms with Gasteiger partial charge in [0, 0.05) is 11.7 Å². The molecule has 3 nitrogen and oxygen atoms in total. The van der Waals surface area contributed by atoms with Gasteiger partial charge in [0.05, 0.1) is 0 Å². The molecule has 0 bridgehead atoms. The number of benzene rings is 1. The monoisotopic (exact) mass is 263 g/mol. The Bertz CT molecular complexity index is 411. The standard InChI is InChI=1S/C14H21N3S/c1-11-4-3-5-13(10-11)16-14(18)15-12-6-8-17(2)9-7-12/h3-5,10,12H,6-9H2,1-2H3,(H2,15,16,18). The van der Waals surface area contributed by atoms with E-state index in [1.54, 1.807) is 0 Å². The van der Waals surface area contributed by atoms with Crippen molar-refractivity contribution in [1.82, 2.24) is 10.2 Å². The molecule has 1 fully saturated rings. The summed E-state index contributed by atoms with van der Waals surface area (Å²) in [5.74, 6) is 0. The average Bonchev–Trinajstić information content (AvgIpc) is 2.32. The van der Waals surface area contributed by atoms with Crippen molar-refractivity contribution in [3.8, 4) is 0 Å². The third-order valence-corrected chi connectivity index (χ3v) is 3.55. The van der Waals surface area contributed by atoms with Crippen LogP contribution in [0.3, 0.4) is 0 Å². The molecule has 1 aliphatic heterocycles. The van der Waals surface area contributed by atoms with Gasteiger partial charge in [0.2, 0.25) is 0 Å². The lowest BCUT2D eigenvalue weighted by Gasteiger charge is -2.30. The van der Waals surface area contributed by atoms with Gasteiger partial charge in [0.15, 0.2) is 5.11 Å². The summed E-state index contributed by atoms with van der Waals surface area (Å²) in [6.45, 7) is 4.37. The van der Waals surface area contributed by atoms with Gasteiger partial charge in [-0.3, -0.25) is 0 Å². The fraction of sp³-hybridized carbons (Fsp3) is 0.500. The predicted molar refractivity (Wildman–Crippen MR) is 81.1 cm³/mol. The lowest BCUT2D eigenvalue weighted by Crippen LogP contribution is -2.44. The molecule has 2 N–H and O–H groups in total. The first-order valence-corrected chi connectivity index (χ1v) is 6.87. The minimum absolute atomic E-state index is 0.506. The molecular formula is C14H21N3S. The van der Waals surface area contributed by atoms with Crippen molar-refractivity contribution in [1.29, 1.82) is 0 Å². The fourth-order valence-corrected chi connectivity index (χ4v) is 2.51. The van der Waals surface area contributed by atoms with Crippen LogP contribution in [0.25, 0.3) is 0 Å². The van der Waals surface area contributed by atoms with Gasteiger partial charge < -0.3 is 15.5 Å². The lowest BCUT2D eigenvalue weighted by atomic mass is 10.1. The van der Waals surface area contributed by atoms with E-state index in [9.17, 15) is 0 Å². The second-order valence-electron chi connectivity index (χ2n) is 5.05. The number of nitrogens with one attached hydrogen (secondary N) is 2. The number of anilines is 1. The Morgan fingerprint density at radius 3 is 2.72 bits per heavy atom. The van der Waals surface area contributed by atoms with Crippen LogP contribution in [0.2, 0.25) is 0 Å². The van der Waals surface area contributed by atoms with Crippen LogP contribution in [0, 0.1) is 6.92 Å². The van der Waals surface area contributed by atoms with Crippen molar-refractivity contribution in [2.24, 2.45) is 0 Å². The molecule has 0 spiro atoms. The van der Waals surface area contributed by atoms with E-state index in [4.69, 9.17) is 12.2 Å². The molecule has 4 heteroatoms. The Morgan fingerprint density at radius 2 is 2.06 bits per heavy atom. The van der Waals surface area contributed by atoms with Crippen molar-refractivity contribution in [3.63, 3.8) is 0 Å². The van der Waals surface area contributed by atoms with Gasteiger partial charge in [0.25, 0.3) is 0 Å². The van der Waals surface area contributed by atoms with Crippen molar-refractivity contribution < 1.29 is 0 Å². The van der Waals surface area contributed by atoms with Crippen molar-refractivity contribution in [2.75, 3.05) is 25.5 Å². The summed E-state index contributed by atoms with van der Waals surface area (Å²) in [6.07, 6.45) is 2.32. The normalized spacial score (nSPS) is 17.4. The molecule has 0 atom stereocenters. The number of nitrogens with zero attached hydrogens (tertiary/aromatic N) is 1. The van der Waals surface area contributed by atoms with E-state index in [2.05, 4.69) is 41.6 Å². The maximum atomic E-state index is 5.35. The van der Waals surface area contributed by atoms with Crippen LogP contribution in [0.4, 0.5) is 5.69 Å². The number of piperidine rings is 1. The molecule has 0 saturated carbocycles. The molecule has 1 aromatic rings. The van der Waals surface area contributed by atoms with Gasteiger partial charge in [-0.05, 0) is 69.8 Å². The largest absolute Gasteiger partial charge is 0.360 e. The van der Waals surface area contributed by atoms with Gasteiger partial charge in [0.1, 0.15) is 0 Å². The van der Waals surface area contributed by atoms with E-state index in [1.165, 1.54) is 5.56 Å². The first kappa shape index (κ1) is 13.3. The van der Waals surface area contributed by atoms with E-state index in [-0.39, 0.29) is 0 Å². The van der Waals surface area contributed by atoms with Crippen LogP contribution in [-0.4, -0.2) is 36.2 Å². The predicted octanol–water partition coefficient (Wildman–Crippen LogP) is 2.38. The van der Waals surface area contributed by atoms with Crippen molar-refractivity contribution in [3.05, 3.63) is 29.8 Å². The Morgan fingerprint density at radius 1 is 1.33 bits per heavy atom. The van der Waals surface area contributed by atoms with E-state index in [0.717, 1.165) is 36.7 Å². The molecule has 1 aliphatic rings. The first-order valence-electron chi connectivity index (χ1n) is 6.46. The summed E-state index contributed by atoms with van der Waals surface area (Å²) >= 11 is 5.35. The minimum atomic E-state index is 0.506. The number of likely N-dealkylation sites (tertiary alicyclic amines) is 1. The number of rotatable bonds is 2. The molecule has 0 aromatic heterocycles. The Balaban J connectivity index is 1.82. The number of hydrogen-bond donors (Lipinski definition) is 2. The third kappa shape index (κ3) is 3.96. The zero-order valence-corrected chi connectivity index (χ0v) is 11.9. The van der Waals surface area contributed by atoms with Gasteiger partial charge >= 0.3 is 0 Å². The van der Waals surface area contributed by atoms with Crippen molar-refractivity contribution in [2.45, 2.75) is 25.8 Å². The summed E-state index contributed by atoms with van der Waals surface area (Å²) in [4.78, 5) is 2.36. The number of hydrogen-bond acceptors (Lipinski definition) is 2. The maximum Gasteiger partial charge on any atom is 0.170 e. The molecule has 1 saturated heterocycles. The highest BCUT2D eigenvalue weighted by atomic mass is 32.1. The molecule has 1 heterocycles. The molecular weight excluding hydrogens is 242 g/mol. The summed E-state index contributed by atoms with van der Waals surface area (Å²) < 4.78 is 0. The SMILES string of the molecule is Cc1cccc(NC(=S)NC2CCN(C)CC2)c1. The molecule has 0 unspecified atom stereocenters. The summed E-state index contributed by atoms with van der Waals surface area (Å²) in [5, 5.41) is 7.38. The van der Waals surface area contributed by atoms with Gasteiger partial charge in [-0.1, -0.05) is 12.1 Å². The van der Waals surface area contributed by atoms with Crippen LogP contribution < -0.4 is 10.6 Å². The Hall–Kier alpha value is -1.13. The average molecular weight is 263 g/mol. The number of aryl methyl sites for hydroxylation is 1. The zero-order chi connectivity index (χ0) is 13.0. The molecule has 18 heavy (non-hydrogen) atoms. The fourth-order valence-electron chi connectivity index (χ4n) is 2.23. The van der Waals surface area contributed by atoms with Crippen LogP contribution in [-0.2, 0) is 0 Å². The highest BCUT2D eigenvalue weighted by Gasteiger charge is 2.16. The molecule has 0 aliphatic carbocycles. The minimum Gasteiger partial charge on any atom is -0.360 e. The molecule has 2 rings (SSSR count). The number of thiocarbonyl (C=S) groups is 1. The van der Waals surface area contributed by atoms with E-state index in [0.29, 0.717) is 6.04 Å². The van der Waals surface area contributed by atoms with Crippen LogP contribution in [0.5, 0.6) is 0 Å². The van der Waals surface area contributed by atoms with Gasteiger partial charge in [-0.2, -0.15) is 0 Å². The van der Waals surface area contributed by atoms with Crippen LogP contribution >= 0.6 is 12.2 Å². The topological polar surface area (TPSA) is 27.3 Å². The Kier molecular flexibility index (Phi) is 4.55. The highest BCUT2D eigenvalue weighted by Crippen LogP contribution is 2.11. The molecule has 0 amide bonds. The summed E-state index contributed by atoms with van der Waals surface area (Å²) in [6, 6.07) is 8.76. The highest BCUT2D eigenvalue weighted by molar-refractivity contribution is 7.80. The van der Waals surface area contributed by atoms with Gasteiger partial charge in [-0.25, -0.2) is 0 Å². The smallest absolute Gasteiger partial charge is 0.170 e. The lowest BCUT2D eigenvalue weighted by molar-refractivity contribution is 0.247. The van der Waals surface area contributed by atoms with Crippen LogP contribution in [0.1, 0.15) is 18.4 Å². The molecule has 0 radical (unpaired) electrons. The second kappa shape index (κ2) is 6.16. The Labute approximate surface area is 115 Å². The third-order valence-electron chi connectivity index (χ3n) is 3.33. The summed E-state index contributed by atoms with van der Waals surface area (Å²) in [5.41, 5.74) is 2.29. The first-order chi connectivity index (χ1) is 8.63. The van der Waals surface area contributed by atoms with Gasteiger partial charge in [-0.15, -0.1) is 0 Å². The molecule has 98 valence electrons. The van der Waals surface area contributed by atoms with E-state index in [1.807, 2.05) is 12.1 Å². The zero-order valence-electron chi connectivity index (χ0n) is 11.1. The maximum absolute atomic E-state index is 5.35. The van der Waals surface area contributed by atoms with E-state index >= 15 is 0 Å². The quantitative estimate of drug-likeness (QED) is 0.801. The molecule has 1 aromatic carbocycles. The summed E-state index contributed by atoms with van der Waals surface area (Å²) in [7, 11) is 2.17.